The summed E-state index contributed by atoms with van der Waals surface area (Å²) in [5.74, 6) is 0.664. The number of hydrogen-bond acceptors (Lipinski definition) is 0. The number of allylic oxidation sites excluding steroid dienone is 2. The van der Waals surface area contributed by atoms with E-state index in [9.17, 15) is 0 Å². The average Bonchev–Trinajstić information content (AvgIpc) is 2.41. The first-order valence-corrected chi connectivity index (χ1v) is 7.82. The van der Waals surface area contributed by atoms with Crippen molar-refractivity contribution >= 4 is 5.57 Å². The second-order valence-electron chi connectivity index (χ2n) is 6.47. The number of benzene rings is 2. The summed E-state index contributed by atoms with van der Waals surface area (Å²) in [6, 6.07) is 14.5. The van der Waals surface area contributed by atoms with E-state index in [1.54, 1.807) is 27.8 Å². The molecule has 3 aliphatic rings. The van der Waals surface area contributed by atoms with E-state index in [-0.39, 0.29) is 0 Å². The van der Waals surface area contributed by atoms with Crippen molar-refractivity contribution in [2.45, 2.75) is 38.0 Å². The highest BCUT2D eigenvalue weighted by molar-refractivity contribution is 5.80. The molecule has 0 aromatic heterocycles. The Bertz CT molecular complexity index is 749. The molecule has 1 unspecified atom stereocenters. The SMILES string of the molecule is C1=C2c3cc4ccc3CCc3ccc(cc3C2C1)CC4. The number of fused-ring (bicyclic) bond motifs is 2. The van der Waals surface area contributed by atoms with Crippen LogP contribution in [-0.4, -0.2) is 0 Å². The molecule has 0 heterocycles. The molecule has 4 bridgehead atoms. The van der Waals surface area contributed by atoms with Crippen molar-refractivity contribution in [1.82, 2.24) is 0 Å². The van der Waals surface area contributed by atoms with Crippen LogP contribution in [0.5, 0.6) is 0 Å². The second-order valence-corrected chi connectivity index (χ2v) is 6.47. The van der Waals surface area contributed by atoms with Gasteiger partial charge in [-0.1, -0.05) is 42.5 Å². The molecule has 0 saturated heterocycles. The Hall–Kier alpha value is -1.82. The standard InChI is InChI=1S/C20H18/c1-2-14-4-6-16-8-7-15-5-3-13(1)11-19(15)17-9-10-18(17)20(16)12-14/h3-6,9,11-12,18H,1-2,7-8,10H2. The van der Waals surface area contributed by atoms with Gasteiger partial charge < -0.3 is 0 Å². The Morgan fingerprint density at radius 2 is 1.50 bits per heavy atom. The Labute approximate surface area is 120 Å². The molecule has 5 rings (SSSR count). The van der Waals surface area contributed by atoms with Crippen LogP contribution in [0.2, 0.25) is 0 Å². The largest absolute Gasteiger partial charge is 0.0791 e. The van der Waals surface area contributed by atoms with Crippen molar-refractivity contribution < 1.29 is 0 Å². The fourth-order valence-corrected chi connectivity index (χ4v) is 4.12. The molecule has 0 N–H and O–H groups in total. The van der Waals surface area contributed by atoms with Gasteiger partial charge in [0.15, 0.2) is 0 Å². The van der Waals surface area contributed by atoms with Gasteiger partial charge >= 0.3 is 0 Å². The fourth-order valence-electron chi connectivity index (χ4n) is 4.12. The minimum absolute atomic E-state index is 0.664. The van der Waals surface area contributed by atoms with Crippen molar-refractivity contribution in [3.8, 4) is 0 Å². The molecule has 0 fully saturated rings. The van der Waals surface area contributed by atoms with Crippen LogP contribution >= 0.6 is 0 Å². The minimum atomic E-state index is 0.664. The summed E-state index contributed by atoms with van der Waals surface area (Å²) in [6.07, 6.45) is 8.42. The molecular weight excluding hydrogens is 240 g/mol. The maximum atomic E-state index is 2.50. The van der Waals surface area contributed by atoms with E-state index in [1.165, 1.54) is 43.2 Å². The molecular formula is C20H18. The first kappa shape index (κ1) is 10.9. The maximum absolute atomic E-state index is 2.50. The van der Waals surface area contributed by atoms with E-state index in [0.717, 1.165) is 0 Å². The third-order valence-corrected chi connectivity index (χ3v) is 5.39. The van der Waals surface area contributed by atoms with Crippen LogP contribution in [0.15, 0.2) is 42.5 Å². The maximum Gasteiger partial charge on any atom is 0.0130 e. The van der Waals surface area contributed by atoms with Crippen LogP contribution in [0.1, 0.15) is 45.7 Å². The summed E-state index contributed by atoms with van der Waals surface area (Å²) in [5.41, 5.74) is 10.9. The lowest BCUT2D eigenvalue weighted by atomic mass is 9.70. The summed E-state index contributed by atoms with van der Waals surface area (Å²) in [5, 5.41) is 0. The first-order valence-electron chi connectivity index (χ1n) is 7.82. The van der Waals surface area contributed by atoms with E-state index >= 15 is 0 Å². The van der Waals surface area contributed by atoms with E-state index in [2.05, 4.69) is 42.5 Å². The Morgan fingerprint density at radius 3 is 2.30 bits per heavy atom. The lowest BCUT2D eigenvalue weighted by Gasteiger charge is -2.34. The van der Waals surface area contributed by atoms with E-state index < -0.39 is 0 Å². The Morgan fingerprint density at radius 1 is 0.750 bits per heavy atom. The Kier molecular flexibility index (Phi) is 2.10. The monoisotopic (exact) mass is 258 g/mol. The highest BCUT2D eigenvalue weighted by Gasteiger charge is 2.30. The molecule has 2 aromatic rings. The highest BCUT2D eigenvalue weighted by Crippen LogP contribution is 2.47. The van der Waals surface area contributed by atoms with Gasteiger partial charge in [0.05, 0.1) is 0 Å². The predicted octanol–water partition coefficient (Wildman–Crippen LogP) is 4.45. The van der Waals surface area contributed by atoms with E-state index in [0.29, 0.717) is 5.92 Å². The summed E-state index contributed by atoms with van der Waals surface area (Å²) in [7, 11) is 0. The number of hydrogen-bond donors (Lipinski definition) is 0. The lowest BCUT2D eigenvalue weighted by Crippen LogP contribution is -2.18. The Balaban J connectivity index is 1.84. The molecule has 0 amide bonds. The topological polar surface area (TPSA) is 0 Å². The van der Waals surface area contributed by atoms with Crippen molar-refractivity contribution in [3.05, 3.63) is 75.9 Å². The molecule has 2 aromatic carbocycles. The van der Waals surface area contributed by atoms with Gasteiger partial charge in [-0.2, -0.15) is 0 Å². The third-order valence-electron chi connectivity index (χ3n) is 5.39. The zero-order valence-corrected chi connectivity index (χ0v) is 11.7. The van der Waals surface area contributed by atoms with Crippen molar-refractivity contribution in [2.24, 2.45) is 0 Å². The molecule has 0 aliphatic heterocycles. The van der Waals surface area contributed by atoms with Gasteiger partial charge in [-0.05, 0) is 71.1 Å². The normalized spacial score (nSPS) is 21.8. The van der Waals surface area contributed by atoms with Gasteiger partial charge in [0, 0.05) is 5.92 Å². The van der Waals surface area contributed by atoms with Crippen LogP contribution in [0.3, 0.4) is 0 Å². The molecule has 0 spiro atoms. The highest BCUT2D eigenvalue weighted by atomic mass is 14.3. The summed E-state index contributed by atoms with van der Waals surface area (Å²) in [4.78, 5) is 0. The molecule has 20 heavy (non-hydrogen) atoms. The molecule has 3 aliphatic carbocycles. The van der Waals surface area contributed by atoms with Crippen LogP contribution < -0.4 is 0 Å². The summed E-state index contributed by atoms with van der Waals surface area (Å²) in [6.45, 7) is 0. The van der Waals surface area contributed by atoms with Crippen LogP contribution in [0.4, 0.5) is 0 Å². The zero-order chi connectivity index (χ0) is 13.1. The van der Waals surface area contributed by atoms with Crippen LogP contribution in [0, 0.1) is 0 Å². The summed E-state index contributed by atoms with van der Waals surface area (Å²) < 4.78 is 0. The third kappa shape index (κ3) is 1.42. The van der Waals surface area contributed by atoms with Gasteiger partial charge in [-0.25, -0.2) is 0 Å². The van der Waals surface area contributed by atoms with Crippen molar-refractivity contribution in [3.63, 3.8) is 0 Å². The number of rotatable bonds is 0. The number of aryl methyl sites for hydroxylation is 4. The average molecular weight is 258 g/mol. The molecule has 0 heteroatoms. The van der Waals surface area contributed by atoms with Gasteiger partial charge in [-0.15, -0.1) is 0 Å². The van der Waals surface area contributed by atoms with E-state index in [4.69, 9.17) is 0 Å². The molecule has 0 radical (unpaired) electrons. The first-order chi connectivity index (χ1) is 9.88. The van der Waals surface area contributed by atoms with Crippen LogP contribution in [0.25, 0.3) is 5.57 Å². The smallest absolute Gasteiger partial charge is 0.0130 e. The fraction of sp³-hybridized carbons (Fsp3) is 0.300. The minimum Gasteiger partial charge on any atom is -0.0791 e. The van der Waals surface area contributed by atoms with Gasteiger partial charge in [-0.3, -0.25) is 0 Å². The van der Waals surface area contributed by atoms with Crippen molar-refractivity contribution in [2.75, 3.05) is 0 Å². The van der Waals surface area contributed by atoms with Gasteiger partial charge in [0.2, 0.25) is 0 Å². The van der Waals surface area contributed by atoms with Gasteiger partial charge in [0.25, 0.3) is 0 Å². The molecule has 0 saturated carbocycles. The second kappa shape index (κ2) is 3.85. The van der Waals surface area contributed by atoms with Crippen LogP contribution in [-0.2, 0) is 25.7 Å². The quantitative estimate of drug-likeness (QED) is 0.654. The lowest BCUT2D eigenvalue weighted by molar-refractivity contribution is 0.770. The zero-order valence-electron chi connectivity index (χ0n) is 11.7. The van der Waals surface area contributed by atoms with Crippen molar-refractivity contribution in [1.29, 1.82) is 0 Å². The molecule has 1 atom stereocenters. The van der Waals surface area contributed by atoms with E-state index in [1.807, 2.05) is 0 Å². The van der Waals surface area contributed by atoms with Gasteiger partial charge in [0.1, 0.15) is 0 Å². The molecule has 98 valence electrons. The predicted molar refractivity (Wildman–Crippen MR) is 83.0 cm³/mol. The summed E-state index contributed by atoms with van der Waals surface area (Å²) >= 11 is 0. The molecule has 0 nitrogen and oxygen atoms in total.